The standard InChI is InChI=1S/C17H14F2N2O3/c1-10(22)11-3-2-4-13(7-11)21-16(23)9-20-17(24)14-6-5-12(18)8-15(14)19/h2-8H,9H2,1H3,(H,20,24)(H,21,23). The minimum Gasteiger partial charge on any atom is -0.343 e. The van der Waals surface area contributed by atoms with Crippen molar-refractivity contribution in [2.24, 2.45) is 0 Å². The molecule has 124 valence electrons. The number of nitrogens with one attached hydrogen (secondary N) is 2. The van der Waals surface area contributed by atoms with Crippen LogP contribution in [0.3, 0.4) is 0 Å². The SMILES string of the molecule is CC(=O)c1cccc(NC(=O)CNC(=O)c2ccc(F)cc2F)c1. The highest BCUT2D eigenvalue weighted by atomic mass is 19.1. The zero-order chi connectivity index (χ0) is 17.7. The lowest BCUT2D eigenvalue weighted by Crippen LogP contribution is -2.33. The second-order valence-corrected chi connectivity index (χ2v) is 4.99. The van der Waals surface area contributed by atoms with E-state index < -0.39 is 30.0 Å². The van der Waals surface area contributed by atoms with Gasteiger partial charge in [-0.15, -0.1) is 0 Å². The highest BCUT2D eigenvalue weighted by molar-refractivity contribution is 6.00. The van der Waals surface area contributed by atoms with E-state index in [2.05, 4.69) is 10.6 Å². The van der Waals surface area contributed by atoms with Crippen LogP contribution < -0.4 is 10.6 Å². The molecule has 0 aromatic heterocycles. The van der Waals surface area contributed by atoms with E-state index in [1.807, 2.05) is 0 Å². The van der Waals surface area contributed by atoms with Gasteiger partial charge < -0.3 is 10.6 Å². The van der Waals surface area contributed by atoms with Crippen molar-refractivity contribution in [3.05, 3.63) is 65.2 Å². The molecule has 0 atom stereocenters. The van der Waals surface area contributed by atoms with Crippen molar-refractivity contribution in [2.75, 3.05) is 11.9 Å². The third kappa shape index (κ3) is 4.45. The molecule has 0 radical (unpaired) electrons. The summed E-state index contributed by atoms with van der Waals surface area (Å²) in [6.07, 6.45) is 0. The molecule has 0 saturated carbocycles. The van der Waals surface area contributed by atoms with Crippen molar-refractivity contribution in [2.45, 2.75) is 6.92 Å². The number of halogens is 2. The van der Waals surface area contributed by atoms with E-state index in [1.54, 1.807) is 18.2 Å². The van der Waals surface area contributed by atoms with E-state index in [0.717, 1.165) is 12.1 Å². The van der Waals surface area contributed by atoms with Crippen molar-refractivity contribution in [3.8, 4) is 0 Å². The largest absolute Gasteiger partial charge is 0.343 e. The third-order valence-electron chi connectivity index (χ3n) is 3.14. The molecule has 0 spiro atoms. The maximum Gasteiger partial charge on any atom is 0.254 e. The summed E-state index contributed by atoms with van der Waals surface area (Å²) in [4.78, 5) is 34.9. The third-order valence-corrected chi connectivity index (χ3v) is 3.14. The van der Waals surface area contributed by atoms with Crippen LogP contribution in [0.2, 0.25) is 0 Å². The van der Waals surface area contributed by atoms with Gasteiger partial charge in [0.2, 0.25) is 5.91 Å². The van der Waals surface area contributed by atoms with Gasteiger partial charge in [-0.05, 0) is 31.2 Å². The molecule has 2 aromatic carbocycles. The summed E-state index contributed by atoms with van der Waals surface area (Å²) >= 11 is 0. The molecule has 0 aliphatic rings. The molecule has 2 rings (SSSR count). The Balaban J connectivity index is 1.94. The number of carbonyl (C=O) groups excluding carboxylic acids is 3. The molecule has 5 nitrogen and oxygen atoms in total. The molecule has 7 heteroatoms. The number of carbonyl (C=O) groups is 3. The van der Waals surface area contributed by atoms with Crippen LogP contribution in [0.15, 0.2) is 42.5 Å². The van der Waals surface area contributed by atoms with E-state index in [4.69, 9.17) is 0 Å². The first-order valence-electron chi connectivity index (χ1n) is 7.01. The van der Waals surface area contributed by atoms with Gasteiger partial charge in [0.05, 0.1) is 12.1 Å². The van der Waals surface area contributed by atoms with Crippen LogP contribution in [0.4, 0.5) is 14.5 Å². The lowest BCUT2D eigenvalue weighted by molar-refractivity contribution is -0.115. The van der Waals surface area contributed by atoms with Crippen molar-refractivity contribution in [1.82, 2.24) is 5.32 Å². The van der Waals surface area contributed by atoms with Gasteiger partial charge in [0.15, 0.2) is 5.78 Å². The molecule has 0 fully saturated rings. The first kappa shape index (κ1) is 17.3. The van der Waals surface area contributed by atoms with E-state index in [9.17, 15) is 23.2 Å². The number of amides is 2. The normalized spacial score (nSPS) is 10.1. The van der Waals surface area contributed by atoms with E-state index in [1.165, 1.54) is 13.0 Å². The van der Waals surface area contributed by atoms with E-state index in [-0.39, 0.29) is 11.3 Å². The lowest BCUT2D eigenvalue weighted by Gasteiger charge is -2.08. The summed E-state index contributed by atoms with van der Waals surface area (Å²) in [5.41, 5.74) is 0.475. The fraction of sp³-hybridized carbons (Fsp3) is 0.118. The summed E-state index contributed by atoms with van der Waals surface area (Å²) in [6, 6.07) is 8.84. The van der Waals surface area contributed by atoms with Gasteiger partial charge in [0.25, 0.3) is 5.91 Å². The van der Waals surface area contributed by atoms with Crippen LogP contribution in [-0.2, 0) is 4.79 Å². The van der Waals surface area contributed by atoms with Crippen LogP contribution in [0.5, 0.6) is 0 Å². The Morgan fingerprint density at radius 1 is 1.04 bits per heavy atom. The Morgan fingerprint density at radius 3 is 2.46 bits per heavy atom. The zero-order valence-corrected chi connectivity index (χ0v) is 12.7. The Kier molecular flexibility index (Phi) is 5.36. The van der Waals surface area contributed by atoms with Crippen LogP contribution in [0.25, 0.3) is 0 Å². The minimum absolute atomic E-state index is 0.147. The molecule has 0 saturated heterocycles. The first-order chi connectivity index (χ1) is 11.4. The molecule has 2 N–H and O–H groups in total. The molecule has 2 amide bonds. The van der Waals surface area contributed by atoms with Crippen LogP contribution in [0.1, 0.15) is 27.6 Å². The predicted octanol–water partition coefficient (Wildman–Crippen LogP) is 2.54. The molecule has 0 bridgehead atoms. The Hall–Kier alpha value is -3.09. The van der Waals surface area contributed by atoms with Crippen molar-refractivity contribution < 1.29 is 23.2 Å². The molecule has 0 aliphatic heterocycles. The highest BCUT2D eigenvalue weighted by Crippen LogP contribution is 2.11. The van der Waals surface area contributed by atoms with Crippen molar-refractivity contribution in [3.63, 3.8) is 0 Å². The van der Waals surface area contributed by atoms with Gasteiger partial charge in [-0.2, -0.15) is 0 Å². The van der Waals surface area contributed by atoms with Crippen molar-refractivity contribution >= 4 is 23.3 Å². The molecular formula is C17H14F2N2O3. The number of hydrogen-bond donors (Lipinski definition) is 2. The first-order valence-corrected chi connectivity index (χ1v) is 7.01. The average molecular weight is 332 g/mol. The van der Waals surface area contributed by atoms with Gasteiger partial charge in [0.1, 0.15) is 11.6 Å². The number of benzene rings is 2. The maximum absolute atomic E-state index is 13.5. The van der Waals surface area contributed by atoms with Crippen LogP contribution in [0, 0.1) is 11.6 Å². The van der Waals surface area contributed by atoms with Crippen LogP contribution in [-0.4, -0.2) is 24.1 Å². The summed E-state index contributed by atoms with van der Waals surface area (Å²) in [7, 11) is 0. The summed E-state index contributed by atoms with van der Waals surface area (Å²) < 4.78 is 26.3. The van der Waals surface area contributed by atoms with E-state index in [0.29, 0.717) is 17.3 Å². The van der Waals surface area contributed by atoms with Gasteiger partial charge in [-0.25, -0.2) is 8.78 Å². The average Bonchev–Trinajstić information content (AvgIpc) is 2.53. The predicted molar refractivity (Wildman–Crippen MR) is 83.8 cm³/mol. The van der Waals surface area contributed by atoms with Gasteiger partial charge in [-0.3, -0.25) is 14.4 Å². The number of rotatable bonds is 5. The van der Waals surface area contributed by atoms with Gasteiger partial charge >= 0.3 is 0 Å². The zero-order valence-electron chi connectivity index (χ0n) is 12.7. The summed E-state index contributed by atoms with van der Waals surface area (Å²) in [5, 5.41) is 4.74. The van der Waals surface area contributed by atoms with Crippen LogP contribution >= 0.6 is 0 Å². The lowest BCUT2D eigenvalue weighted by atomic mass is 10.1. The maximum atomic E-state index is 13.5. The molecular weight excluding hydrogens is 318 g/mol. The molecule has 0 heterocycles. The number of anilines is 1. The smallest absolute Gasteiger partial charge is 0.254 e. The molecule has 24 heavy (non-hydrogen) atoms. The van der Waals surface area contributed by atoms with Crippen molar-refractivity contribution in [1.29, 1.82) is 0 Å². The topological polar surface area (TPSA) is 75.3 Å². The number of ketones is 1. The fourth-order valence-electron chi connectivity index (χ4n) is 1.95. The molecule has 0 unspecified atom stereocenters. The minimum atomic E-state index is -1.01. The summed E-state index contributed by atoms with van der Waals surface area (Å²) in [5.74, 6) is -3.34. The fourth-order valence-corrected chi connectivity index (χ4v) is 1.95. The van der Waals surface area contributed by atoms with Gasteiger partial charge in [0, 0.05) is 17.3 Å². The highest BCUT2D eigenvalue weighted by Gasteiger charge is 2.13. The summed E-state index contributed by atoms with van der Waals surface area (Å²) in [6.45, 7) is 0.998. The Morgan fingerprint density at radius 2 is 1.79 bits per heavy atom. The van der Waals surface area contributed by atoms with Gasteiger partial charge in [-0.1, -0.05) is 12.1 Å². The number of hydrogen-bond acceptors (Lipinski definition) is 3. The van der Waals surface area contributed by atoms with E-state index >= 15 is 0 Å². The number of Topliss-reactive ketones (excluding diaryl/α,β-unsaturated/α-hetero) is 1. The Bertz CT molecular complexity index is 806. The molecule has 2 aromatic rings. The molecule has 0 aliphatic carbocycles. The second-order valence-electron chi connectivity index (χ2n) is 4.99. The second kappa shape index (κ2) is 7.45. The monoisotopic (exact) mass is 332 g/mol. The Labute approximate surface area is 136 Å². The quantitative estimate of drug-likeness (QED) is 0.826.